The van der Waals surface area contributed by atoms with E-state index in [1.807, 2.05) is 29.3 Å². The van der Waals surface area contributed by atoms with Gasteiger partial charge in [-0.15, -0.1) is 11.3 Å². The van der Waals surface area contributed by atoms with Gasteiger partial charge < -0.3 is 23.8 Å². The Morgan fingerprint density at radius 2 is 1.86 bits per heavy atom. The van der Waals surface area contributed by atoms with E-state index < -0.39 is 65.3 Å². The lowest BCUT2D eigenvalue weighted by Crippen LogP contribution is -2.66. The average molecular weight is 694 g/mol. The molecule has 0 bridgehead atoms. The second-order valence-corrected chi connectivity index (χ2v) is 13.8. The van der Waals surface area contributed by atoms with Gasteiger partial charge in [-0.1, -0.05) is 24.3 Å². The smallest absolute Gasteiger partial charge is 0.430 e. The number of carbonyl (C=O) groups excluding carboxylic acids is 2. The normalized spacial score (nSPS) is 24.1. The molecule has 10 nitrogen and oxygen atoms in total. The second-order valence-electron chi connectivity index (χ2n) is 12.9. The number of allylic oxidation sites excluding steroid dienone is 3. The largest absolute Gasteiger partial charge is 0.514 e. The van der Waals surface area contributed by atoms with Gasteiger partial charge in [0.2, 0.25) is 11.2 Å². The van der Waals surface area contributed by atoms with Crippen molar-refractivity contribution in [3.8, 4) is 16.2 Å². The molecule has 0 N–H and O–H groups in total. The number of thiophene rings is 1. The number of aromatic nitrogens is 1. The minimum atomic E-state index is -3.43. The maximum absolute atomic E-state index is 15.9. The summed E-state index contributed by atoms with van der Waals surface area (Å²) in [5, 5.41) is 3.57. The number of rotatable bonds is 3. The highest BCUT2D eigenvalue weighted by Gasteiger charge is 2.53. The lowest BCUT2D eigenvalue weighted by atomic mass is 9.74. The number of alkyl halides is 2. The third-order valence-corrected chi connectivity index (χ3v) is 11.3. The fourth-order valence-electron chi connectivity index (χ4n) is 8.14. The van der Waals surface area contributed by atoms with Gasteiger partial charge in [-0.05, 0) is 39.6 Å². The Bertz CT molecular complexity index is 2050. The number of benzene rings is 1. The number of fused-ring (bicyclic) bond motifs is 4. The molecule has 1 amide bonds. The van der Waals surface area contributed by atoms with Crippen LogP contribution in [0.2, 0.25) is 0 Å². The van der Waals surface area contributed by atoms with Gasteiger partial charge in [0.1, 0.15) is 18.1 Å². The van der Waals surface area contributed by atoms with E-state index in [0.29, 0.717) is 42.8 Å². The van der Waals surface area contributed by atoms with E-state index in [1.165, 1.54) is 28.3 Å². The molecular weight excluding hydrogens is 663 g/mol. The number of hydrogen-bond acceptors (Lipinski definition) is 9. The Morgan fingerprint density at radius 1 is 1.04 bits per heavy atom. The predicted octanol–water partition coefficient (Wildman–Crippen LogP) is 5.74. The van der Waals surface area contributed by atoms with E-state index in [-0.39, 0.29) is 43.9 Å². The summed E-state index contributed by atoms with van der Waals surface area (Å²) in [5.41, 5.74) is 1.94. The van der Waals surface area contributed by atoms with Crippen molar-refractivity contribution in [2.45, 2.75) is 56.3 Å². The number of morpholine rings is 1. The number of pyridine rings is 1. The molecule has 1 aromatic carbocycles. The van der Waals surface area contributed by atoms with Crippen LogP contribution in [0.25, 0.3) is 16.0 Å². The van der Waals surface area contributed by atoms with Crippen molar-refractivity contribution < 1.29 is 41.7 Å². The Balaban J connectivity index is 1.26. The summed E-state index contributed by atoms with van der Waals surface area (Å²) >= 11 is 1.35. The summed E-state index contributed by atoms with van der Waals surface area (Å²) < 4.78 is 71.3. The van der Waals surface area contributed by atoms with Crippen LogP contribution in [0.1, 0.15) is 58.9 Å². The van der Waals surface area contributed by atoms with Gasteiger partial charge in [0.15, 0.2) is 5.69 Å². The number of halogens is 3. The minimum absolute atomic E-state index is 0.0703. The first-order chi connectivity index (χ1) is 23.7. The van der Waals surface area contributed by atoms with Crippen LogP contribution in [-0.4, -0.2) is 72.8 Å². The summed E-state index contributed by atoms with van der Waals surface area (Å²) in [6, 6.07) is 7.96. The highest BCUT2D eigenvalue weighted by molar-refractivity contribution is 7.14. The molecule has 0 spiro atoms. The first-order valence-corrected chi connectivity index (χ1v) is 17.2. The molecule has 0 radical (unpaired) electrons. The summed E-state index contributed by atoms with van der Waals surface area (Å²) in [7, 11) is 0. The molecular formula is C35H30F3N3O7S. The van der Waals surface area contributed by atoms with Crippen LogP contribution in [0, 0.1) is 0 Å². The van der Waals surface area contributed by atoms with Gasteiger partial charge in [-0.3, -0.25) is 19.3 Å². The molecule has 2 fully saturated rings. The summed E-state index contributed by atoms with van der Waals surface area (Å²) in [4.78, 5) is 43.0. The van der Waals surface area contributed by atoms with E-state index in [0.717, 1.165) is 16.0 Å². The number of carbonyl (C=O) groups is 2. The van der Waals surface area contributed by atoms with Crippen molar-refractivity contribution >= 4 is 29.0 Å². The molecule has 5 heterocycles. The highest BCUT2D eigenvalue weighted by Crippen LogP contribution is 2.60. The van der Waals surface area contributed by atoms with Crippen LogP contribution in [-0.2, 0) is 20.6 Å². The van der Waals surface area contributed by atoms with Gasteiger partial charge in [0.25, 0.3) is 11.8 Å². The molecule has 0 saturated carbocycles. The molecule has 2 atom stereocenters. The van der Waals surface area contributed by atoms with Crippen LogP contribution in [0.4, 0.5) is 18.0 Å². The van der Waals surface area contributed by atoms with Crippen molar-refractivity contribution in [2.24, 2.45) is 0 Å². The SMILES string of the molecule is O=C(Oc1c2n(ccc1=O)N([C@H]1C3=C4C(=C(F)CC3)C(F)(F)Cc3csc(c34)-c3ccccc31)C1COCCN1C2=O)OC1CCOCC1. The van der Waals surface area contributed by atoms with Crippen LogP contribution in [0.5, 0.6) is 5.75 Å². The minimum Gasteiger partial charge on any atom is -0.430 e. The average Bonchev–Trinajstić information content (AvgIpc) is 3.46. The van der Waals surface area contributed by atoms with Gasteiger partial charge >= 0.3 is 6.16 Å². The highest BCUT2D eigenvalue weighted by atomic mass is 32.1. The Morgan fingerprint density at radius 3 is 2.69 bits per heavy atom. The lowest BCUT2D eigenvalue weighted by molar-refractivity contribution is -0.0211. The maximum Gasteiger partial charge on any atom is 0.514 e. The zero-order chi connectivity index (χ0) is 33.6. The molecule has 1 unspecified atom stereocenters. The fraction of sp³-hybridized carbons (Fsp3) is 0.400. The van der Waals surface area contributed by atoms with E-state index in [4.69, 9.17) is 18.9 Å². The summed E-state index contributed by atoms with van der Waals surface area (Å²) in [6.07, 6.45) is -0.648. The first-order valence-electron chi connectivity index (χ1n) is 16.3. The van der Waals surface area contributed by atoms with Crippen molar-refractivity contribution in [1.82, 2.24) is 9.58 Å². The van der Waals surface area contributed by atoms with Crippen molar-refractivity contribution in [3.05, 3.63) is 91.5 Å². The first kappa shape index (κ1) is 30.6. The quantitative estimate of drug-likeness (QED) is 0.321. The van der Waals surface area contributed by atoms with Gasteiger partial charge in [0, 0.05) is 54.9 Å². The zero-order valence-corrected chi connectivity index (χ0v) is 26.9. The van der Waals surface area contributed by atoms with Gasteiger partial charge in [-0.25, -0.2) is 18.0 Å². The summed E-state index contributed by atoms with van der Waals surface area (Å²) in [6.45, 7) is 1.27. The second kappa shape index (κ2) is 11.3. The predicted molar refractivity (Wildman–Crippen MR) is 171 cm³/mol. The molecule has 254 valence electrons. The lowest BCUT2D eigenvalue weighted by Gasteiger charge is -2.52. The number of hydrogen-bond donors (Lipinski definition) is 0. The Labute approximate surface area is 281 Å². The maximum atomic E-state index is 15.9. The van der Waals surface area contributed by atoms with Crippen LogP contribution < -0.4 is 15.2 Å². The fourth-order valence-corrected chi connectivity index (χ4v) is 9.27. The standard InChI is InChI=1S/C35H30F3N3O7S/c36-23-6-5-22-27-26-18(15-35(37,38)28(23)27)17-49-32(26)21-4-2-1-3-20(21)29(22)41-25-16-46-14-11-39(25)33(43)30-31(24(42)7-10-40(30)41)48-34(44)47-19-8-12-45-13-9-19/h1-4,7,10,17,19,25,29H,5-6,8-9,11-16H2/t25?,29-/m1/s1. The molecule has 3 aliphatic carbocycles. The molecule has 2 aromatic heterocycles. The van der Waals surface area contributed by atoms with Gasteiger partial charge in [0.05, 0.1) is 38.0 Å². The van der Waals surface area contributed by atoms with Crippen LogP contribution in [0.15, 0.2) is 63.7 Å². The molecule has 3 aromatic rings. The molecule has 3 aliphatic heterocycles. The van der Waals surface area contributed by atoms with Crippen LogP contribution >= 0.6 is 11.3 Å². The van der Waals surface area contributed by atoms with E-state index >= 15 is 13.2 Å². The topological polar surface area (TPSA) is 99.5 Å². The number of ether oxygens (including phenoxy) is 4. The Hall–Kier alpha value is -4.40. The molecule has 2 saturated heterocycles. The monoisotopic (exact) mass is 693 g/mol. The van der Waals surface area contributed by atoms with Crippen molar-refractivity contribution in [2.75, 3.05) is 38.0 Å². The molecule has 6 aliphatic rings. The van der Waals surface area contributed by atoms with Crippen molar-refractivity contribution in [3.63, 3.8) is 0 Å². The number of nitrogens with zero attached hydrogens (tertiary/aromatic N) is 3. The van der Waals surface area contributed by atoms with Gasteiger partial charge in [-0.2, -0.15) is 0 Å². The van der Waals surface area contributed by atoms with E-state index in [1.54, 1.807) is 10.3 Å². The van der Waals surface area contributed by atoms with Crippen LogP contribution in [0.3, 0.4) is 0 Å². The summed E-state index contributed by atoms with van der Waals surface area (Å²) in [5.74, 6) is -5.31. The third kappa shape index (κ3) is 4.63. The molecule has 49 heavy (non-hydrogen) atoms. The zero-order valence-electron chi connectivity index (χ0n) is 26.1. The third-order valence-electron chi connectivity index (χ3n) is 10.2. The van der Waals surface area contributed by atoms with E-state index in [2.05, 4.69) is 0 Å². The van der Waals surface area contributed by atoms with Crippen molar-refractivity contribution in [1.29, 1.82) is 0 Å². The van der Waals surface area contributed by atoms with E-state index in [9.17, 15) is 14.4 Å². The molecule has 14 heteroatoms. The Kier molecular flexibility index (Phi) is 7.08. The number of amides is 1. The molecule has 9 rings (SSSR count).